The first-order valence-electron chi connectivity index (χ1n) is 5.35. The summed E-state index contributed by atoms with van der Waals surface area (Å²) >= 11 is 0. The molecule has 0 bridgehead atoms. The summed E-state index contributed by atoms with van der Waals surface area (Å²) in [6.07, 6.45) is 0. The summed E-state index contributed by atoms with van der Waals surface area (Å²) < 4.78 is 16.3. The van der Waals surface area contributed by atoms with Crippen LogP contribution in [0.2, 0.25) is 0 Å². The molecule has 0 aliphatic rings. The molecule has 0 amide bonds. The third kappa shape index (κ3) is 2.52. The van der Waals surface area contributed by atoms with Gasteiger partial charge in [-0.2, -0.15) is 0 Å². The molecule has 0 saturated heterocycles. The predicted octanol–water partition coefficient (Wildman–Crippen LogP) is 1.90. The lowest BCUT2D eigenvalue weighted by Gasteiger charge is -2.24. The first-order valence-corrected chi connectivity index (χ1v) is 7.08. The molecule has 1 rings (SSSR count). The van der Waals surface area contributed by atoms with Crippen molar-refractivity contribution < 1.29 is 13.3 Å². The van der Waals surface area contributed by atoms with Gasteiger partial charge in [0.25, 0.3) is 0 Å². The highest BCUT2D eigenvalue weighted by molar-refractivity contribution is 6.75. The van der Waals surface area contributed by atoms with E-state index in [4.69, 9.17) is 13.3 Å². The van der Waals surface area contributed by atoms with Crippen LogP contribution in [-0.4, -0.2) is 30.1 Å². The first kappa shape index (κ1) is 13.4. The zero-order chi connectivity index (χ0) is 12.2. The van der Waals surface area contributed by atoms with Gasteiger partial charge >= 0.3 is 8.80 Å². The Labute approximate surface area is 98.7 Å². The summed E-state index contributed by atoms with van der Waals surface area (Å²) in [6.45, 7) is 4.34. The van der Waals surface area contributed by atoms with Crippen molar-refractivity contribution in [3.8, 4) is 0 Å². The van der Waals surface area contributed by atoms with E-state index in [-0.39, 0.29) is 0 Å². The zero-order valence-corrected chi connectivity index (χ0v) is 11.6. The van der Waals surface area contributed by atoms with E-state index in [1.165, 1.54) is 5.56 Å². The molecular weight excluding hydrogens is 220 g/mol. The van der Waals surface area contributed by atoms with Crippen molar-refractivity contribution in [2.75, 3.05) is 21.3 Å². The summed E-state index contributed by atoms with van der Waals surface area (Å²) in [5, 5.41) is 0.990. The van der Waals surface area contributed by atoms with Crippen LogP contribution in [0.4, 0.5) is 0 Å². The second kappa shape index (κ2) is 5.59. The van der Waals surface area contributed by atoms with Crippen LogP contribution in [0.1, 0.15) is 25.3 Å². The van der Waals surface area contributed by atoms with E-state index in [9.17, 15) is 0 Å². The molecule has 0 aromatic heterocycles. The predicted molar refractivity (Wildman–Crippen MR) is 66.9 cm³/mol. The maximum absolute atomic E-state index is 5.42. The van der Waals surface area contributed by atoms with E-state index in [1.54, 1.807) is 21.3 Å². The Bertz CT molecular complexity index is 309. The molecular formula is C12H20O3Si. The number of hydrogen-bond donors (Lipinski definition) is 0. The fourth-order valence-corrected chi connectivity index (χ4v) is 3.46. The van der Waals surface area contributed by atoms with Crippen LogP contribution >= 0.6 is 0 Å². The second-order valence-electron chi connectivity index (χ2n) is 3.95. The highest BCUT2D eigenvalue weighted by atomic mass is 28.4. The Morgan fingerprint density at radius 3 is 1.62 bits per heavy atom. The van der Waals surface area contributed by atoms with Crippen LogP contribution in [0.15, 0.2) is 24.3 Å². The molecule has 16 heavy (non-hydrogen) atoms. The monoisotopic (exact) mass is 240 g/mol. The van der Waals surface area contributed by atoms with Gasteiger partial charge in [-0.05, 0) is 11.5 Å². The van der Waals surface area contributed by atoms with Crippen molar-refractivity contribution in [3.63, 3.8) is 0 Å². The fourth-order valence-electron chi connectivity index (χ4n) is 1.68. The lowest BCUT2D eigenvalue weighted by atomic mass is 10.0. The second-order valence-corrected chi connectivity index (χ2v) is 6.86. The highest BCUT2D eigenvalue weighted by Gasteiger charge is 2.40. The minimum Gasteiger partial charge on any atom is -0.373 e. The molecule has 1 aromatic carbocycles. The van der Waals surface area contributed by atoms with E-state index in [0.717, 1.165) is 5.19 Å². The maximum Gasteiger partial charge on any atom is 0.536 e. The molecule has 0 spiro atoms. The molecule has 0 radical (unpaired) electrons. The maximum atomic E-state index is 5.42. The van der Waals surface area contributed by atoms with Gasteiger partial charge in [0.2, 0.25) is 0 Å². The van der Waals surface area contributed by atoms with Crippen molar-refractivity contribution in [2.45, 2.75) is 19.8 Å². The molecule has 0 atom stereocenters. The lowest BCUT2D eigenvalue weighted by molar-refractivity contribution is 0.140. The number of benzene rings is 1. The fraction of sp³-hybridized carbons (Fsp3) is 0.500. The van der Waals surface area contributed by atoms with E-state index >= 15 is 0 Å². The summed E-state index contributed by atoms with van der Waals surface area (Å²) in [5.74, 6) is 0.526. The van der Waals surface area contributed by atoms with Gasteiger partial charge in [-0.15, -0.1) is 0 Å². The van der Waals surface area contributed by atoms with Gasteiger partial charge < -0.3 is 13.3 Å². The quantitative estimate of drug-likeness (QED) is 0.736. The van der Waals surface area contributed by atoms with Gasteiger partial charge in [0.15, 0.2) is 0 Å². The molecule has 0 N–H and O–H groups in total. The van der Waals surface area contributed by atoms with Gasteiger partial charge in [0.05, 0.1) is 0 Å². The topological polar surface area (TPSA) is 27.7 Å². The van der Waals surface area contributed by atoms with Gasteiger partial charge in [-0.3, -0.25) is 0 Å². The van der Waals surface area contributed by atoms with Crippen LogP contribution in [0, 0.1) is 0 Å². The van der Waals surface area contributed by atoms with Crippen molar-refractivity contribution >= 4 is 14.0 Å². The molecule has 1 aromatic rings. The largest absolute Gasteiger partial charge is 0.536 e. The van der Waals surface area contributed by atoms with E-state index < -0.39 is 8.80 Å². The minimum atomic E-state index is -2.65. The molecule has 90 valence electrons. The number of hydrogen-bond acceptors (Lipinski definition) is 3. The Balaban J connectivity index is 3.03. The van der Waals surface area contributed by atoms with Crippen molar-refractivity contribution in [2.24, 2.45) is 0 Å². The van der Waals surface area contributed by atoms with Crippen LogP contribution in [0.25, 0.3) is 0 Å². The van der Waals surface area contributed by atoms with Crippen molar-refractivity contribution in [3.05, 3.63) is 29.8 Å². The Hall–Kier alpha value is -0.683. The van der Waals surface area contributed by atoms with Gasteiger partial charge in [0.1, 0.15) is 0 Å². The van der Waals surface area contributed by atoms with Gasteiger partial charge in [-0.1, -0.05) is 38.1 Å². The Morgan fingerprint density at radius 2 is 1.31 bits per heavy atom. The average molecular weight is 240 g/mol. The normalized spacial score (nSPS) is 12.1. The molecule has 0 unspecified atom stereocenters. The SMILES string of the molecule is CO[Si](OC)(OC)c1ccc(C(C)C)cc1. The van der Waals surface area contributed by atoms with Crippen molar-refractivity contribution in [1.82, 2.24) is 0 Å². The number of rotatable bonds is 5. The lowest BCUT2D eigenvalue weighted by Crippen LogP contribution is -2.54. The van der Waals surface area contributed by atoms with Crippen LogP contribution in [0.3, 0.4) is 0 Å². The van der Waals surface area contributed by atoms with Crippen LogP contribution < -0.4 is 5.19 Å². The third-order valence-corrected chi connectivity index (χ3v) is 5.39. The standard InChI is InChI=1S/C12H20O3Si/c1-10(2)11-6-8-12(9-7-11)16(13-3,14-4)15-5/h6-10H,1-5H3. The molecule has 0 aliphatic heterocycles. The van der Waals surface area contributed by atoms with Crippen LogP contribution in [-0.2, 0) is 13.3 Å². The summed E-state index contributed by atoms with van der Waals surface area (Å²) in [4.78, 5) is 0. The summed E-state index contributed by atoms with van der Waals surface area (Å²) in [6, 6.07) is 8.24. The van der Waals surface area contributed by atoms with E-state index in [2.05, 4.69) is 26.0 Å². The first-order chi connectivity index (χ1) is 7.59. The molecule has 0 fully saturated rings. The molecule has 0 heterocycles. The Morgan fingerprint density at radius 1 is 0.875 bits per heavy atom. The molecule has 0 saturated carbocycles. The molecule has 4 heteroatoms. The van der Waals surface area contributed by atoms with Gasteiger partial charge in [-0.25, -0.2) is 0 Å². The minimum absolute atomic E-state index is 0.526. The molecule has 3 nitrogen and oxygen atoms in total. The van der Waals surface area contributed by atoms with Crippen LogP contribution in [0.5, 0.6) is 0 Å². The van der Waals surface area contributed by atoms with E-state index in [0.29, 0.717) is 5.92 Å². The third-order valence-electron chi connectivity index (χ3n) is 2.74. The van der Waals surface area contributed by atoms with Crippen molar-refractivity contribution in [1.29, 1.82) is 0 Å². The highest BCUT2D eigenvalue weighted by Crippen LogP contribution is 2.14. The van der Waals surface area contributed by atoms with E-state index in [1.807, 2.05) is 12.1 Å². The Kier molecular flexibility index (Phi) is 4.67. The zero-order valence-electron chi connectivity index (χ0n) is 10.6. The van der Waals surface area contributed by atoms with Gasteiger partial charge in [0, 0.05) is 26.5 Å². The summed E-state index contributed by atoms with van der Waals surface area (Å²) in [5.41, 5.74) is 1.30. The summed E-state index contributed by atoms with van der Waals surface area (Å²) in [7, 11) is 2.21. The average Bonchev–Trinajstić information content (AvgIpc) is 2.33. The smallest absolute Gasteiger partial charge is 0.373 e. The molecule has 0 aliphatic carbocycles.